The van der Waals surface area contributed by atoms with Crippen LogP contribution in [0.2, 0.25) is 0 Å². The van der Waals surface area contributed by atoms with E-state index in [4.69, 9.17) is 4.74 Å². The summed E-state index contributed by atoms with van der Waals surface area (Å²) in [5.74, 6) is 0.591. The summed E-state index contributed by atoms with van der Waals surface area (Å²) in [6.45, 7) is 5.68. The number of hydrogen-bond acceptors (Lipinski definition) is 2. The standard InChI is InChI=1S/C15H30O2/c1-3-5-7-8-10-12-15(13-17-14-16)11-9-6-4-2/h14-15H,3-13H2,1-2H3. The van der Waals surface area contributed by atoms with Crippen LogP contribution in [0, 0.1) is 5.92 Å². The lowest BCUT2D eigenvalue weighted by molar-refractivity contribution is -0.130. The van der Waals surface area contributed by atoms with Crippen LogP contribution in [0.15, 0.2) is 0 Å². The molecule has 2 heteroatoms. The third-order valence-corrected chi connectivity index (χ3v) is 3.33. The van der Waals surface area contributed by atoms with Crippen LogP contribution in [-0.4, -0.2) is 13.1 Å². The van der Waals surface area contributed by atoms with Gasteiger partial charge in [0.2, 0.25) is 0 Å². The molecule has 1 unspecified atom stereocenters. The summed E-state index contributed by atoms with van der Waals surface area (Å²) >= 11 is 0. The summed E-state index contributed by atoms with van der Waals surface area (Å²) < 4.78 is 4.92. The summed E-state index contributed by atoms with van der Waals surface area (Å²) in [4.78, 5) is 10.2. The molecule has 1 atom stereocenters. The molecule has 0 saturated heterocycles. The fraction of sp³-hybridized carbons (Fsp3) is 0.933. The van der Waals surface area contributed by atoms with Gasteiger partial charge in [-0.25, -0.2) is 0 Å². The molecule has 0 aliphatic heterocycles. The van der Waals surface area contributed by atoms with Crippen molar-refractivity contribution in [1.29, 1.82) is 0 Å². The van der Waals surface area contributed by atoms with Gasteiger partial charge in [-0.2, -0.15) is 0 Å². The summed E-state index contributed by atoms with van der Waals surface area (Å²) in [7, 11) is 0. The van der Waals surface area contributed by atoms with Crippen LogP contribution >= 0.6 is 0 Å². The topological polar surface area (TPSA) is 26.3 Å². The van der Waals surface area contributed by atoms with E-state index < -0.39 is 0 Å². The zero-order valence-corrected chi connectivity index (χ0v) is 11.7. The number of ether oxygens (including phenoxy) is 1. The van der Waals surface area contributed by atoms with Gasteiger partial charge in [-0.15, -0.1) is 0 Å². The van der Waals surface area contributed by atoms with E-state index in [1.54, 1.807) is 0 Å². The number of carbonyl (C=O) groups excluding carboxylic acids is 1. The Kier molecular flexibility index (Phi) is 13.1. The fourth-order valence-electron chi connectivity index (χ4n) is 2.21. The molecule has 0 aromatic heterocycles. The van der Waals surface area contributed by atoms with Gasteiger partial charge >= 0.3 is 0 Å². The van der Waals surface area contributed by atoms with E-state index in [2.05, 4.69) is 13.8 Å². The average molecular weight is 242 g/mol. The lowest BCUT2D eigenvalue weighted by atomic mass is 9.95. The van der Waals surface area contributed by atoms with Gasteiger partial charge in [0.15, 0.2) is 0 Å². The molecule has 0 bridgehead atoms. The Morgan fingerprint density at radius 1 is 0.882 bits per heavy atom. The minimum absolute atomic E-state index is 0.587. The van der Waals surface area contributed by atoms with Gasteiger partial charge < -0.3 is 4.74 Å². The molecule has 0 aromatic carbocycles. The molecular weight excluding hydrogens is 212 g/mol. The van der Waals surface area contributed by atoms with Gasteiger partial charge in [0, 0.05) is 0 Å². The molecule has 17 heavy (non-hydrogen) atoms. The van der Waals surface area contributed by atoms with Crippen molar-refractivity contribution in [3.8, 4) is 0 Å². The first-order valence-electron chi connectivity index (χ1n) is 7.40. The lowest BCUT2D eigenvalue weighted by Gasteiger charge is -2.15. The normalized spacial score (nSPS) is 12.4. The van der Waals surface area contributed by atoms with Crippen LogP contribution in [0.5, 0.6) is 0 Å². The van der Waals surface area contributed by atoms with E-state index in [1.807, 2.05) is 0 Å². The Morgan fingerprint density at radius 2 is 1.41 bits per heavy atom. The van der Waals surface area contributed by atoms with Crippen molar-refractivity contribution in [3.63, 3.8) is 0 Å². The van der Waals surface area contributed by atoms with E-state index in [0.717, 1.165) is 0 Å². The number of rotatable bonds is 13. The molecule has 0 aliphatic rings. The predicted octanol–water partition coefficient (Wildman–Crippen LogP) is 4.72. The third-order valence-electron chi connectivity index (χ3n) is 3.33. The smallest absolute Gasteiger partial charge is 0.293 e. The highest BCUT2D eigenvalue weighted by atomic mass is 16.5. The van der Waals surface area contributed by atoms with Crippen LogP contribution in [0.1, 0.15) is 78.1 Å². The molecule has 0 fully saturated rings. The van der Waals surface area contributed by atoms with Crippen molar-refractivity contribution in [2.75, 3.05) is 6.61 Å². The molecule has 0 saturated carbocycles. The Bertz CT molecular complexity index is 157. The second-order valence-electron chi connectivity index (χ2n) is 4.99. The van der Waals surface area contributed by atoms with Crippen LogP contribution in [-0.2, 0) is 9.53 Å². The van der Waals surface area contributed by atoms with Gasteiger partial charge in [0.25, 0.3) is 6.47 Å². The zero-order valence-electron chi connectivity index (χ0n) is 11.7. The summed E-state index contributed by atoms with van der Waals surface area (Å²) in [5.41, 5.74) is 0. The molecule has 0 aromatic rings. The van der Waals surface area contributed by atoms with Crippen molar-refractivity contribution in [3.05, 3.63) is 0 Å². The highest BCUT2D eigenvalue weighted by molar-refractivity contribution is 5.36. The van der Waals surface area contributed by atoms with E-state index in [-0.39, 0.29) is 0 Å². The highest BCUT2D eigenvalue weighted by Gasteiger charge is 2.08. The molecule has 0 aliphatic carbocycles. The van der Waals surface area contributed by atoms with Gasteiger partial charge in [0.1, 0.15) is 0 Å². The first-order valence-corrected chi connectivity index (χ1v) is 7.40. The molecular formula is C15H30O2. The fourth-order valence-corrected chi connectivity index (χ4v) is 2.21. The average Bonchev–Trinajstić information content (AvgIpc) is 2.35. The van der Waals surface area contributed by atoms with Crippen molar-refractivity contribution in [1.82, 2.24) is 0 Å². The molecule has 102 valence electrons. The maximum Gasteiger partial charge on any atom is 0.293 e. The number of unbranched alkanes of at least 4 members (excludes halogenated alkanes) is 6. The first-order chi connectivity index (χ1) is 8.35. The molecule has 0 rings (SSSR count). The Hall–Kier alpha value is -0.530. The minimum atomic E-state index is 0.587. The van der Waals surface area contributed by atoms with Crippen LogP contribution in [0.4, 0.5) is 0 Å². The quantitative estimate of drug-likeness (QED) is 0.345. The summed E-state index contributed by atoms with van der Waals surface area (Å²) in [6, 6.07) is 0. The van der Waals surface area contributed by atoms with Crippen LogP contribution in [0.3, 0.4) is 0 Å². The van der Waals surface area contributed by atoms with E-state index in [0.29, 0.717) is 19.0 Å². The summed E-state index contributed by atoms with van der Waals surface area (Å²) in [5, 5.41) is 0. The maximum absolute atomic E-state index is 10.2. The Balaban J connectivity index is 3.56. The van der Waals surface area contributed by atoms with Crippen LogP contribution < -0.4 is 0 Å². The minimum Gasteiger partial charge on any atom is -0.468 e. The molecule has 2 nitrogen and oxygen atoms in total. The zero-order chi connectivity index (χ0) is 12.8. The second kappa shape index (κ2) is 13.5. The molecule has 0 N–H and O–H groups in total. The molecule has 0 amide bonds. The predicted molar refractivity (Wildman–Crippen MR) is 73.0 cm³/mol. The largest absolute Gasteiger partial charge is 0.468 e. The monoisotopic (exact) mass is 242 g/mol. The molecule has 0 spiro atoms. The van der Waals surface area contributed by atoms with Crippen molar-refractivity contribution in [2.24, 2.45) is 5.92 Å². The van der Waals surface area contributed by atoms with E-state index in [9.17, 15) is 4.79 Å². The first kappa shape index (κ1) is 16.5. The SMILES string of the molecule is CCCCCCCC(CCCCC)COC=O. The number of carbonyl (C=O) groups is 1. The van der Waals surface area contributed by atoms with Gasteiger partial charge in [0.05, 0.1) is 6.61 Å². The Labute approximate surface area is 107 Å². The van der Waals surface area contributed by atoms with Crippen molar-refractivity contribution < 1.29 is 9.53 Å². The van der Waals surface area contributed by atoms with Crippen molar-refractivity contribution >= 4 is 6.47 Å². The van der Waals surface area contributed by atoms with Crippen molar-refractivity contribution in [2.45, 2.75) is 78.1 Å². The maximum atomic E-state index is 10.2. The third kappa shape index (κ3) is 11.7. The number of hydrogen-bond donors (Lipinski definition) is 0. The van der Waals surface area contributed by atoms with Gasteiger partial charge in [-0.3, -0.25) is 4.79 Å². The van der Waals surface area contributed by atoms with E-state index >= 15 is 0 Å². The molecule has 0 radical (unpaired) electrons. The second-order valence-corrected chi connectivity index (χ2v) is 4.99. The van der Waals surface area contributed by atoms with Gasteiger partial charge in [-0.1, -0.05) is 65.2 Å². The van der Waals surface area contributed by atoms with Crippen LogP contribution in [0.25, 0.3) is 0 Å². The summed E-state index contributed by atoms with van der Waals surface area (Å²) in [6.07, 6.45) is 12.9. The van der Waals surface area contributed by atoms with Gasteiger partial charge in [-0.05, 0) is 18.8 Å². The Morgan fingerprint density at radius 3 is 2.00 bits per heavy atom. The lowest BCUT2D eigenvalue weighted by Crippen LogP contribution is -2.09. The highest BCUT2D eigenvalue weighted by Crippen LogP contribution is 2.18. The molecule has 0 heterocycles. The van der Waals surface area contributed by atoms with E-state index in [1.165, 1.54) is 64.2 Å².